The first-order valence-electron chi connectivity index (χ1n) is 6.00. The van der Waals surface area contributed by atoms with E-state index in [0.29, 0.717) is 6.42 Å². The zero-order chi connectivity index (χ0) is 12.4. The topological polar surface area (TPSA) is 46.6 Å². The van der Waals surface area contributed by atoms with Gasteiger partial charge in [-0.05, 0) is 19.3 Å². The summed E-state index contributed by atoms with van der Waals surface area (Å²) in [4.78, 5) is 24.7. The van der Waals surface area contributed by atoms with Crippen molar-refractivity contribution < 1.29 is 14.3 Å². The van der Waals surface area contributed by atoms with Crippen LogP contribution in [0.1, 0.15) is 32.6 Å². The first kappa shape index (κ1) is 11.9. The van der Waals surface area contributed by atoms with E-state index in [1.807, 2.05) is 4.90 Å². The molecule has 4 heteroatoms. The highest BCUT2D eigenvalue weighted by atomic mass is 16.5. The molecule has 0 aromatic heterocycles. The fraction of sp³-hybridized carbons (Fsp3) is 0.615. The van der Waals surface area contributed by atoms with E-state index in [1.54, 1.807) is 0 Å². The second-order valence-corrected chi connectivity index (χ2v) is 4.51. The lowest BCUT2D eigenvalue weighted by molar-refractivity contribution is -0.144. The van der Waals surface area contributed by atoms with Crippen LogP contribution in [-0.4, -0.2) is 35.5 Å². The lowest BCUT2D eigenvalue weighted by atomic mass is 9.99. The average molecular weight is 235 g/mol. The molecule has 2 saturated heterocycles. The van der Waals surface area contributed by atoms with Crippen LogP contribution in [0.15, 0.2) is 17.9 Å². The first-order chi connectivity index (χ1) is 8.13. The average Bonchev–Trinajstić information content (AvgIpc) is 2.54. The van der Waals surface area contributed by atoms with Crippen LogP contribution in [-0.2, 0) is 14.3 Å². The molecule has 2 aliphatic heterocycles. The molecule has 2 rings (SSSR count). The molecule has 2 aliphatic rings. The highest BCUT2D eigenvalue weighted by molar-refractivity contribution is 5.79. The number of carbonyl (C=O) groups is 2. The molecule has 0 saturated carbocycles. The normalized spacial score (nSPS) is 28.4. The summed E-state index contributed by atoms with van der Waals surface area (Å²) >= 11 is 0. The van der Waals surface area contributed by atoms with Gasteiger partial charge >= 0.3 is 5.97 Å². The fourth-order valence-electron chi connectivity index (χ4n) is 2.71. The van der Waals surface area contributed by atoms with E-state index >= 15 is 0 Å². The molecule has 0 aromatic rings. The maximum absolute atomic E-state index is 11.7. The molecule has 92 valence electrons. The maximum atomic E-state index is 11.7. The minimum Gasteiger partial charge on any atom is -0.457 e. The molecule has 2 atom stereocenters. The number of hydrogen-bond donors (Lipinski definition) is 0. The summed E-state index contributed by atoms with van der Waals surface area (Å²) in [6.07, 6.45) is 2.70. The van der Waals surface area contributed by atoms with Crippen molar-refractivity contribution in [3.8, 4) is 0 Å². The van der Waals surface area contributed by atoms with Crippen LogP contribution in [0.25, 0.3) is 0 Å². The molecule has 0 aliphatic carbocycles. The van der Waals surface area contributed by atoms with Gasteiger partial charge in [0, 0.05) is 25.5 Å². The summed E-state index contributed by atoms with van der Waals surface area (Å²) in [5.41, 5.74) is 3.75. The largest absolute Gasteiger partial charge is 0.457 e. The molecule has 4 nitrogen and oxygen atoms in total. The van der Waals surface area contributed by atoms with E-state index in [2.05, 4.69) is 12.3 Å². The van der Waals surface area contributed by atoms with Crippen molar-refractivity contribution in [3.63, 3.8) is 0 Å². The Morgan fingerprint density at radius 2 is 2.29 bits per heavy atom. The Kier molecular flexibility index (Phi) is 3.34. The molecule has 1 amide bonds. The van der Waals surface area contributed by atoms with Crippen molar-refractivity contribution in [1.29, 1.82) is 0 Å². The van der Waals surface area contributed by atoms with Gasteiger partial charge in [-0.2, -0.15) is 0 Å². The number of ether oxygens (including phenoxy) is 1. The summed E-state index contributed by atoms with van der Waals surface area (Å²) in [5.74, 6) is -0.105. The molecule has 17 heavy (non-hydrogen) atoms. The van der Waals surface area contributed by atoms with Gasteiger partial charge < -0.3 is 9.64 Å². The summed E-state index contributed by atoms with van der Waals surface area (Å²) < 4.78 is 5.30. The minimum absolute atomic E-state index is 0.0341. The third kappa shape index (κ3) is 2.27. The van der Waals surface area contributed by atoms with E-state index < -0.39 is 0 Å². The second kappa shape index (κ2) is 4.76. The van der Waals surface area contributed by atoms with Crippen LogP contribution >= 0.6 is 0 Å². The monoisotopic (exact) mass is 235 g/mol. The fourth-order valence-corrected chi connectivity index (χ4v) is 2.71. The Labute approximate surface area is 101 Å². The zero-order valence-electron chi connectivity index (χ0n) is 10.1. The van der Waals surface area contributed by atoms with Gasteiger partial charge in [-0.15, -0.1) is 5.73 Å². The molecule has 0 spiro atoms. The highest BCUT2D eigenvalue weighted by Gasteiger charge is 2.39. The van der Waals surface area contributed by atoms with Gasteiger partial charge in [0.25, 0.3) is 0 Å². The van der Waals surface area contributed by atoms with Gasteiger partial charge in [0.15, 0.2) is 0 Å². The van der Waals surface area contributed by atoms with Gasteiger partial charge in [-0.1, -0.05) is 6.58 Å². The molecule has 2 fully saturated rings. The smallest absolute Gasteiger partial charge is 0.303 e. The Morgan fingerprint density at radius 1 is 1.53 bits per heavy atom. The molecule has 2 heterocycles. The van der Waals surface area contributed by atoms with Crippen LogP contribution < -0.4 is 0 Å². The summed E-state index contributed by atoms with van der Waals surface area (Å²) in [5, 5.41) is 0. The third-order valence-electron chi connectivity index (χ3n) is 3.41. The number of amides is 1. The number of carbonyl (C=O) groups excluding carboxylic acids is 2. The van der Waals surface area contributed by atoms with E-state index in [1.165, 1.54) is 6.92 Å². The molecule has 0 bridgehead atoms. The van der Waals surface area contributed by atoms with Crippen molar-refractivity contribution in [2.45, 2.75) is 44.8 Å². The Hall–Kier alpha value is -1.54. The molecule has 0 aromatic carbocycles. The lowest BCUT2D eigenvalue weighted by Gasteiger charge is -2.25. The minimum atomic E-state index is -0.291. The second-order valence-electron chi connectivity index (χ2n) is 4.51. The summed E-state index contributed by atoms with van der Waals surface area (Å²) in [6, 6.07) is 0.0341. The van der Waals surface area contributed by atoms with Gasteiger partial charge in [0.1, 0.15) is 6.10 Å². The van der Waals surface area contributed by atoms with Gasteiger partial charge in [-0.3, -0.25) is 9.59 Å². The molecule has 0 N–H and O–H groups in total. The quantitative estimate of drug-likeness (QED) is 0.510. The third-order valence-corrected chi connectivity index (χ3v) is 3.41. The molecular weight excluding hydrogens is 218 g/mol. The maximum Gasteiger partial charge on any atom is 0.303 e. The number of hydrogen-bond acceptors (Lipinski definition) is 3. The van der Waals surface area contributed by atoms with Crippen LogP contribution in [0, 0.1) is 0 Å². The van der Waals surface area contributed by atoms with E-state index in [4.69, 9.17) is 4.74 Å². The van der Waals surface area contributed by atoms with Crippen molar-refractivity contribution in [2.75, 3.05) is 6.54 Å². The van der Waals surface area contributed by atoms with Crippen LogP contribution in [0.4, 0.5) is 0 Å². The Balaban J connectivity index is 2.25. The predicted octanol–water partition coefficient (Wildman–Crippen LogP) is 1.41. The van der Waals surface area contributed by atoms with Gasteiger partial charge in [-0.25, -0.2) is 0 Å². The number of rotatable bonds is 1. The molecule has 0 unspecified atom stereocenters. The first-order valence-corrected chi connectivity index (χ1v) is 6.00. The summed E-state index contributed by atoms with van der Waals surface area (Å²) in [6.45, 7) is 5.83. The lowest BCUT2D eigenvalue weighted by Crippen LogP contribution is -2.35. The van der Waals surface area contributed by atoms with E-state index in [9.17, 15) is 9.59 Å². The predicted molar refractivity (Wildman–Crippen MR) is 62.2 cm³/mol. The number of fused-ring (bicyclic) bond motifs is 1. The van der Waals surface area contributed by atoms with Crippen LogP contribution in [0.3, 0.4) is 0 Å². The summed E-state index contributed by atoms with van der Waals surface area (Å²) in [7, 11) is 0. The van der Waals surface area contributed by atoms with Gasteiger partial charge in [0.2, 0.25) is 5.91 Å². The highest BCUT2D eigenvalue weighted by Crippen LogP contribution is 2.32. The van der Waals surface area contributed by atoms with Crippen LogP contribution in [0.2, 0.25) is 0 Å². The SMILES string of the molecule is C=C=C1[C@H](OC(C)=O)CCCN2C(=O)CC[C@@H]12. The molecular formula is C13H17NO3. The van der Waals surface area contributed by atoms with Gasteiger partial charge in [0.05, 0.1) is 6.04 Å². The number of nitrogens with zero attached hydrogens (tertiary/aromatic N) is 1. The van der Waals surface area contributed by atoms with Crippen LogP contribution in [0.5, 0.6) is 0 Å². The Morgan fingerprint density at radius 3 is 2.94 bits per heavy atom. The zero-order valence-corrected chi connectivity index (χ0v) is 10.1. The Bertz CT molecular complexity index is 395. The van der Waals surface area contributed by atoms with Crippen molar-refractivity contribution >= 4 is 11.9 Å². The van der Waals surface area contributed by atoms with Crippen molar-refractivity contribution in [2.24, 2.45) is 0 Å². The number of esters is 1. The van der Waals surface area contributed by atoms with E-state index in [0.717, 1.165) is 31.4 Å². The van der Waals surface area contributed by atoms with E-state index in [-0.39, 0.29) is 24.0 Å². The standard InChI is InChI=1S/C13H17NO3/c1-3-10-11-6-7-13(16)14(11)8-4-5-12(10)17-9(2)15/h11-12H,1,4-8H2,2H3/t11-,12+/m0/s1. The van der Waals surface area contributed by atoms with Crippen molar-refractivity contribution in [3.05, 3.63) is 17.9 Å². The van der Waals surface area contributed by atoms with Crippen molar-refractivity contribution in [1.82, 2.24) is 4.90 Å². The molecule has 0 radical (unpaired) electrons.